The van der Waals surface area contributed by atoms with Crippen LogP contribution in [0.1, 0.15) is 19.4 Å². The number of ether oxygens (including phenoxy) is 6. The van der Waals surface area contributed by atoms with Crippen molar-refractivity contribution in [2.24, 2.45) is 0 Å². The predicted molar refractivity (Wildman–Crippen MR) is 97.1 cm³/mol. The van der Waals surface area contributed by atoms with E-state index in [1.807, 2.05) is 25.1 Å². The summed E-state index contributed by atoms with van der Waals surface area (Å²) in [6, 6.07) is 5.65. The van der Waals surface area contributed by atoms with E-state index >= 15 is 0 Å². The van der Waals surface area contributed by atoms with Gasteiger partial charge in [0, 0.05) is 13.8 Å². The van der Waals surface area contributed by atoms with Gasteiger partial charge in [0.25, 0.3) is 0 Å². The Morgan fingerprint density at radius 2 is 1.19 bits per heavy atom. The van der Waals surface area contributed by atoms with Crippen LogP contribution in [-0.2, 0) is 28.5 Å². The van der Waals surface area contributed by atoms with E-state index in [0.29, 0.717) is 51.1 Å². The molecule has 0 fully saturated rings. The Bertz CT molecular complexity index is 573. The van der Waals surface area contributed by atoms with E-state index in [1.54, 1.807) is 0 Å². The number of benzene rings is 1. The van der Waals surface area contributed by atoms with Crippen molar-refractivity contribution in [1.82, 2.24) is 0 Å². The van der Waals surface area contributed by atoms with Gasteiger partial charge in [-0.1, -0.05) is 6.07 Å². The first kappa shape index (κ1) is 22.7. The smallest absolute Gasteiger partial charge is 0.302 e. The molecule has 0 saturated heterocycles. The molecule has 0 bridgehead atoms. The number of carbonyl (C=O) groups excluding carboxylic acids is 2. The highest BCUT2D eigenvalue weighted by atomic mass is 16.6. The summed E-state index contributed by atoms with van der Waals surface area (Å²) in [7, 11) is 0. The van der Waals surface area contributed by atoms with Crippen molar-refractivity contribution in [2.45, 2.75) is 20.8 Å². The number of aryl methyl sites for hydroxylation is 1. The second kappa shape index (κ2) is 13.8. The minimum Gasteiger partial charge on any atom is -0.487 e. The number of carbonyl (C=O) groups is 2. The molecule has 0 atom stereocenters. The van der Waals surface area contributed by atoms with Crippen molar-refractivity contribution in [3.63, 3.8) is 0 Å². The lowest BCUT2D eigenvalue weighted by atomic mass is 10.2. The Kier molecular flexibility index (Phi) is 11.6. The third kappa shape index (κ3) is 11.8. The second-order valence-corrected chi connectivity index (χ2v) is 5.55. The highest BCUT2D eigenvalue weighted by Gasteiger charge is 2.06. The van der Waals surface area contributed by atoms with Crippen molar-refractivity contribution >= 4 is 11.9 Å². The fourth-order valence-electron chi connectivity index (χ4n) is 1.96. The minimum absolute atomic E-state index is 0.228. The molecule has 0 aliphatic heterocycles. The Labute approximate surface area is 159 Å². The summed E-state index contributed by atoms with van der Waals surface area (Å²) in [6.45, 7) is 7.20. The largest absolute Gasteiger partial charge is 0.487 e. The molecule has 8 nitrogen and oxygen atoms in total. The second-order valence-electron chi connectivity index (χ2n) is 5.55. The summed E-state index contributed by atoms with van der Waals surface area (Å²) in [6.07, 6.45) is 0. The fourth-order valence-corrected chi connectivity index (χ4v) is 1.96. The van der Waals surface area contributed by atoms with Crippen molar-refractivity contribution < 1.29 is 38.0 Å². The topological polar surface area (TPSA) is 89.5 Å². The zero-order valence-electron chi connectivity index (χ0n) is 16.2. The maximum Gasteiger partial charge on any atom is 0.302 e. The molecule has 1 aromatic carbocycles. The van der Waals surface area contributed by atoms with Crippen LogP contribution in [0.15, 0.2) is 18.2 Å². The third-order valence-electron chi connectivity index (χ3n) is 3.14. The average molecular weight is 384 g/mol. The minimum atomic E-state index is -0.327. The van der Waals surface area contributed by atoms with Crippen LogP contribution in [0.2, 0.25) is 0 Å². The van der Waals surface area contributed by atoms with Gasteiger partial charge in [-0.15, -0.1) is 0 Å². The molecular weight excluding hydrogens is 356 g/mol. The Hall–Kier alpha value is -2.32. The molecule has 0 saturated carbocycles. The molecule has 0 amide bonds. The van der Waals surface area contributed by atoms with E-state index in [2.05, 4.69) is 0 Å². The number of hydrogen-bond donors (Lipinski definition) is 0. The number of rotatable bonds is 14. The van der Waals surface area contributed by atoms with Gasteiger partial charge in [-0.3, -0.25) is 9.59 Å². The lowest BCUT2D eigenvalue weighted by Gasteiger charge is -2.14. The van der Waals surface area contributed by atoms with Crippen LogP contribution in [0.4, 0.5) is 0 Å². The zero-order valence-corrected chi connectivity index (χ0v) is 16.2. The standard InChI is InChI=1S/C19H28O8/c1-15-4-5-18(26-12-8-22-6-10-24-16(2)20)19(14-15)27-13-9-23-7-11-25-17(3)21/h4-5,14H,6-13H2,1-3H3. The van der Waals surface area contributed by atoms with Crippen LogP contribution < -0.4 is 9.47 Å². The van der Waals surface area contributed by atoms with Crippen molar-refractivity contribution in [3.8, 4) is 11.5 Å². The molecule has 0 unspecified atom stereocenters. The van der Waals surface area contributed by atoms with E-state index in [-0.39, 0.29) is 25.2 Å². The predicted octanol–water partition coefficient (Wildman–Crippen LogP) is 1.91. The van der Waals surface area contributed by atoms with Gasteiger partial charge < -0.3 is 28.4 Å². The summed E-state index contributed by atoms with van der Waals surface area (Å²) in [5.41, 5.74) is 1.05. The van der Waals surface area contributed by atoms with Crippen molar-refractivity contribution in [2.75, 3.05) is 52.9 Å². The van der Waals surface area contributed by atoms with Crippen LogP contribution in [0.5, 0.6) is 11.5 Å². The Morgan fingerprint density at radius 3 is 1.70 bits per heavy atom. The maximum absolute atomic E-state index is 10.6. The van der Waals surface area contributed by atoms with Gasteiger partial charge in [0.05, 0.1) is 26.4 Å². The van der Waals surface area contributed by atoms with Gasteiger partial charge in [0.2, 0.25) is 0 Å². The van der Waals surface area contributed by atoms with Crippen molar-refractivity contribution in [1.29, 1.82) is 0 Å². The molecule has 0 N–H and O–H groups in total. The molecule has 8 heteroatoms. The number of esters is 2. The molecule has 0 aromatic heterocycles. The summed E-state index contributed by atoms with van der Waals surface area (Å²) in [4.78, 5) is 21.3. The number of hydrogen-bond acceptors (Lipinski definition) is 8. The van der Waals surface area contributed by atoms with E-state index < -0.39 is 0 Å². The van der Waals surface area contributed by atoms with Gasteiger partial charge in [0.15, 0.2) is 11.5 Å². The summed E-state index contributed by atoms with van der Waals surface area (Å²) in [5, 5.41) is 0. The SMILES string of the molecule is CC(=O)OCCOCCOc1ccc(C)cc1OCCOCCOC(C)=O. The first-order valence-electron chi connectivity index (χ1n) is 8.77. The molecule has 0 spiro atoms. The molecule has 0 heterocycles. The van der Waals surface area contributed by atoms with Gasteiger partial charge in [-0.25, -0.2) is 0 Å². The van der Waals surface area contributed by atoms with E-state index in [4.69, 9.17) is 28.4 Å². The third-order valence-corrected chi connectivity index (χ3v) is 3.14. The Morgan fingerprint density at radius 1 is 0.704 bits per heavy atom. The molecular formula is C19H28O8. The summed E-state index contributed by atoms with van der Waals surface area (Å²) < 4.78 is 31.6. The summed E-state index contributed by atoms with van der Waals surface area (Å²) in [5.74, 6) is 0.584. The van der Waals surface area contributed by atoms with Crippen LogP contribution in [0.3, 0.4) is 0 Å². The Balaban J connectivity index is 2.25. The maximum atomic E-state index is 10.6. The van der Waals surface area contributed by atoms with E-state index in [0.717, 1.165) is 5.56 Å². The van der Waals surface area contributed by atoms with Gasteiger partial charge in [-0.05, 0) is 24.6 Å². The van der Waals surface area contributed by atoms with Crippen LogP contribution >= 0.6 is 0 Å². The molecule has 0 aliphatic carbocycles. The van der Waals surface area contributed by atoms with E-state index in [1.165, 1.54) is 13.8 Å². The first-order chi connectivity index (χ1) is 13.0. The molecule has 0 aliphatic rings. The molecule has 0 radical (unpaired) electrons. The van der Waals surface area contributed by atoms with Crippen molar-refractivity contribution in [3.05, 3.63) is 23.8 Å². The molecule has 27 heavy (non-hydrogen) atoms. The average Bonchev–Trinajstić information content (AvgIpc) is 2.61. The summed E-state index contributed by atoms with van der Waals surface area (Å²) >= 11 is 0. The monoisotopic (exact) mass is 384 g/mol. The normalized spacial score (nSPS) is 10.3. The highest BCUT2D eigenvalue weighted by Crippen LogP contribution is 2.28. The lowest BCUT2D eigenvalue weighted by Crippen LogP contribution is -2.14. The van der Waals surface area contributed by atoms with Gasteiger partial charge in [0.1, 0.15) is 26.4 Å². The van der Waals surface area contributed by atoms with Gasteiger partial charge in [-0.2, -0.15) is 0 Å². The van der Waals surface area contributed by atoms with E-state index in [9.17, 15) is 9.59 Å². The first-order valence-corrected chi connectivity index (χ1v) is 8.77. The van der Waals surface area contributed by atoms with Crippen LogP contribution in [0.25, 0.3) is 0 Å². The van der Waals surface area contributed by atoms with Crippen LogP contribution in [0, 0.1) is 6.92 Å². The zero-order chi connectivity index (χ0) is 19.9. The fraction of sp³-hybridized carbons (Fsp3) is 0.579. The quantitative estimate of drug-likeness (QED) is 0.355. The lowest BCUT2D eigenvalue weighted by molar-refractivity contribution is -0.143. The highest BCUT2D eigenvalue weighted by molar-refractivity contribution is 5.66. The molecule has 1 rings (SSSR count). The molecule has 1 aromatic rings. The molecule has 152 valence electrons. The van der Waals surface area contributed by atoms with Gasteiger partial charge >= 0.3 is 11.9 Å². The van der Waals surface area contributed by atoms with Crippen LogP contribution in [-0.4, -0.2) is 64.8 Å².